The number of benzene rings is 1. The van der Waals surface area contributed by atoms with Gasteiger partial charge in [0, 0.05) is 10.6 Å². The Labute approximate surface area is 121 Å². The Morgan fingerprint density at radius 1 is 1.35 bits per heavy atom. The van der Waals surface area contributed by atoms with Crippen molar-refractivity contribution in [1.82, 2.24) is 0 Å². The zero-order chi connectivity index (χ0) is 14.8. The summed E-state index contributed by atoms with van der Waals surface area (Å²) >= 11 is 1.49. The standard InChI is InChI=1S/C13H14N2O3S2/c1-9-4-5-10(7-12(9)20(14,17)18)15-13(16)8-11-3-2-6-19-11/h2-7H,8H2,1H3,(H,15,16)(H2,14,17,18). The molecule has 0 spiro atoms. The van der Waals surface area contributed by atoms with Gasteiger partial charge in [-0.05, 0) is 36.1 Å². The lowest BCUT2D eigenvalue weighted by atomic mass is 10.2. The van der Waals surface area contributed by atoms with Crippen LogP contribution in [-0.2, 0) is 21.2 Å². The van der Waals surface area contributed by atoms with Crippen molar-refractivity contribution in [3.63, 3.8) is 0 Å². The maximum absolute atomic E-state index is 11.8. The van der Waals surface area contributed by atoms with Crippen LogP contribution in [0.5, 0.6) is 0 Å². The molecule has 5 nitrogen and oxygen atoms in total. The lowest BCUT2D eigenvalue weighted by Gasteiger charge is -2.08. The molecule has 7 heteroatoms. The third kappa shape index (κ3) is 3.66. The van der Waals surface area contributed by atoms with Gasteiger partial charge >= 0.3 is 0 Å². The lowest BCUT2D eigenvalue weighted by molar-refractivity contribution is -0.115. The Bertz CT molecular complexity index is 722. The zero-order valence-electron chi connectivity index (χ0n) is 10.8. The summed E-state index contributed by atoms with van der Waals surface area (Å²) in [4.78, 5) is 12.8. The van der Waals surface area contributed by atoms with Crippen LogP contribution in [0.25, 0.3) is 0 Å². The number of primary sulfonamides is 1. The molecule has 0 saturated heterocycles. The highest BCUT2D eigenvalue weighted by atomic mass is 32.2. The van der Waals surface area contributed by atoms with Crippen LogP contribution in [0, 0.1) is 6.92 Å². The molecule has 106 valence electrons. The van der Waals surface area contributed by atoms with E-state index in [1.54, 1.807) is 19.1 Å². The Kier molecular flexibility index (Phi) is 4.22. The van der Waals surface area contributed by atoms with Gasteiger partial charge in [0.1, 0.15) is 0 Å². The smallest absolute Gasteiger partial charge is 0.238 e. The number of thiophene rings is 1. The molecule has 0 aliphatic rings. The predicted molar refractivity (Wildman–Crippen MR) is 79.2 cm³/mol. The van der Waals surface area contributed by atoms with Crippen LogP contribution in [-0.4, -0.2) is 14.3 Å². The van der Waals surface area contributed by atoms with Crippen LogP contribution in [0.3, 0.4) is 0 Å². The van der Waals surface area contributed by atoms with Gasteiger partial charge in [-0.1, -0.05) is 12.1 Å². The Morgan fingerprint density at radius 2 is 2.10 bits per heavy atom. The average Bonchev–Trinajstić information content (AvgIpc) is 2.83. The highest BCUT2D eigenvalue weighted by Gasteiger charge is 2.13. The molecule has 1 aromatic carbocycles. The molecular weight excluding hydrogens is 296 g/mol. The number of amides is 1. The number of rotatable bonds is 4. The first kappa shape index (κ1) is 14.7. The summed E-state index contributed by atoms with van der Waals surface area (Å²) in [5.74, 6) is -0.198. The molecule has 0 radical (unpaired) electrons. The van der Waals surface area contributed by atoms with Crippen molar-refractivity contribution in [2.75, 3.05) is 5.32 Å². The average molecular weight is 310 g/mol. The monoisotopic (exact) mass is 310 g/mol. The minimum atomic E-state index is -3.79. The van der Waals surface area contributed by atoms with Gasteiger partial charge < -0.3 is 5.32 Å². The fourth-order valence-corrected chi connectivity index (χ4v) is 3.27. The number of nitrogens with one attached hydrogen (secondary N) is 1. The summed E-state index contributed by atoms with van der Waals surface area (Å²) in [7, 11) is -3.79. The van der Waals surface area contributed by atoms with Gasteiger partial charge in [0.2, 0.25) is 15.9 Å². The van der Waals surface area contributed by atoms with E-state index in [0.717, 1.165) is 4.88 Å². The van der Waals surface area contributed by atoms with E-state index in [0.29, 0.717) is 11.3 Å². The second kappa shape index (κ2) is 5.74. The number of nitrogens with two attached hydrogens (primary N) is 1. The number of anilines is 1. The van der Waals surface area contributed by atoms with E-state index in [1.807, 2.05) is 17.5 Å². The molecule has 1 heterocycles. The first-order chi connectivity index (χ1) is 9.36. The van der Waals surface area contributed by atoms with E-state index in [1.165, 1.54) is 17.4 Å². The van der Waals surface area contributed by atoms with Crippen molar-refractivity contribution < 1.29 is 13.2 Å². The van der Waals surface area contributed by atoms with E-state index in [9.17, 15) is 13.2 Å². The molecule has 2 aromatic rings. The highest BCUT2D eigenvalue weighted by molar-refractivity contribution is 7.89. The molecule has 0 aliphatic carbocycles. The van der Waals surface area contributed by atoms with Crippen LogP contribution >= 0.6 is 11.3 Å². The first-order valence-electron chi connectivity index (χ1n) is 5.82. The Hall–Kier alpha value is -1.70. The zero-order valence-corrected chi connectivity index (χ0v) is 12.4. The predicted octanol–water partition coefficient (Wildman–Crippen LogP) is 1.89. The van der Waals surface area contributed by atoms with Crippen LogP contribution in [0.15, 0.2) is 40.6 Å². The van der Waals surface area contributed by atoms with Crippen molar-refractivity contribution in [2.45, 2.75) is 18.2 Å². The molecule has 0 fully saturated rings. The Morgan fingerprint density at radius 3 is 2.70 bits per heavy atom. The molecule has 0 bridgehead atoms. The number of carbonyl (C=O) groups is 1. The molecule has 1 aromatic heterocycles. The SMILES string of the molecule is Cc1ccc(NC(=O)Cc2cccs2)cc1S(N)(=O)=O. The third-order valence-electron chi connectivity index (χ3n) is 2.69. The van der Waals surface area contributed by atoms with Crippen molar-refractivity contribution in [3.05, 3.63) is 46.2 Å². The summed E-state index contributed by atoms with van der Waals surface area (Å²) in [5.41, 5.74) is 0.963. The number of aryl methyl sites for hydroxylation is 1. The summed E-state index contributed by atoms with van der Waals surface area (Å²) < 4.78 is 22.8. The first-order valence-corrected chi connectivity index (χ1v) is 8.24. The molecular formula is C13H14N2O3S2. The van der Waals surface area contributed by atoms with Gasteiger partial charge in [0.15, 0.2) is 0 Å². The van der Waals surface area contributed by atoms with Crippen LogP contribution in [0.1, 0.15) is 10.4 Å². The maximum Gasteiger partial charge on any atom is 0.238 e. The van der Waals surface area contributed by atoms with Gasteiger partial charge in [0.05, 0.1) is 11.3 Å². The third-order valence-corrected chi connectivity index (χ3v) is 4.62. The second-order valence-corrected chi connectivity index (χ2v) is 6.89. The minimum Gasteiger partial charge on any atom is -0.326 e. The lowest BCUT2D eigenvalue weighted by Crippen LogP contribution is -2.16. The van der Waals surface area contributed by atoms with E-state index in [4.69, 9.17) is 5.14 Å². The molecule has 3 N–H and O–H groups in total. The molecule has 0 unspecified atom stereocenters. The summed E-state index contributed by atoms with van der Waals surface area (Å²) in [6.07, 6.45) is 0.260. The number of sulfonamides is 1. The van der Waals surface area contributed by atoms with Crippen LogP contribution in [0.4, 0.5) is 5.69 Å². The van der Waals surface area contributed by atoms with Gasteiger partial charge in [-0.25, -0.2) is 13.6 Å². The van der Waals surface area contributed by atoms with Gasteiger partial charge in [-0.15, -0.1) is 11.3 Å². The van der Waals surface area contributed by atoms with Crippen LogP contribution < -0.4 is 10.5 Å². The summed E-state index contributed by atoms with van der Waals surface area (Å²) in [6, 6.07) is 8.38. The molecule has 0 atom stereocenters. The maximum atomic E-state index is 11.8. The van der Waals surface area contributed by atoms with Gasteiger partial charge in [-0.3, -0.25) is 4.79 Å². The van der Waals surface area contributed by atoms with Crippen molar-refractivity contribution in [2.24, 2.45) is 5.14 Å². The topological polar surface area (TPSA) is 89.3 Å². The number of hydrogen-bond donors (Lipinski definition) is 2. The van der Waals surface area contributed by atoms with Crippen molar-refractivity contribution in [1.29, 1.82) is 0 Å². The van der Waals surface area contributed by atoms with Crippen molar-refractivity contribution >= 4 is 33.0 Å². The molecule has 0 aliphatic heterocycles. The quantitative estimate of drug-likeness (QED) is 0.903. The molecule has 2 rings (SSSR count). The van der Waals surface area contributed by atoms with E-state index >= 15 is 0 Å². The normalized spacial score (nSPS) is 11.3. The Balaban J connectivity index is 2.16. The van der Waals surface area contributed by atoms with E-state index in [2.05, 4.69) is 5.32 Å². The molecule has 0 saturated carbocycles. The second-order valence-electron chi connectivity index (χ2n) is 4.33. The summed E-state index contributed by atoms with van der Waals surface area (Å²) in [5, 5.41) is 9.69. The van der Waals surface area contributed by atoms with Crippen LogP contribution in [0.2, 0.25) is 0 Å². The largest absolute Gasteiger partial charge is 0.326 e. The molecule has 1 amide bonds. The molecule has 20 heavy (non-hydrogen) atoms. The minimum absolute atomic E-state index is 0.0198. The van der Waals surface area contributed by atoms with E-state index in [-0.39, 0.29) is 17.2 Å². The van der Waals surface area contributed by atoms with E-state index < -0.39 is 10.0 Å². The fourth-order valence-electron chi connectivity index (χ4n) is 1.76. The fraction of sp³-hybridized carbons (Fsp3) is 0.154. The van der Waals surface area contributed by atoms with Crippen molar-refractivity contribution in [3.8, 4) is 0 Å². The van der Waals surface area contributed by atoms with Gasteiger partial charge in [-0.2, -0.15) is 0 Å². The summed E-state index contributed by atoms with van der Waals surface area (Å²) in [6.45, 7) is 1.65. The van der Waals surface area contributed by atoms with Gasteiger partial charge in [0.25, 0.3) is 0 Å². The highest BCUT2D eigenvalue weighted by Crippen LogP contribution is 2.19. The number of hydrogen-bond acceptors (Lipinski definition) is 4. The number of carbonyl (C=O) groups excluding carboxylic acids is 1.